The van der Waals surface area contributed by atoms with Crippen molar-refractivity contribution in [1.82, 2.24) is 38.9 Å². The van der Waals surface area contributed by atoms with Gasteiger partial charge in [0.1, 0.15) is 17.9 Å². The first-order chi connectivity index (χ1) is 21.4. The number of ether oxygens (including phenoxy) is 2. The zero-order chi connectivity index (χ0) is 30.4. The molecule has 1 atom stereocenters. The second kappa shape index (κ2) is 11.5. The smallest absolute Gasteiger partial charge is 0.330 e. The van der Waals surface area contributed by atoms with E-state index in [1.165, 1.54) is 21.4 Å². The lowest BCUT2D eigenvalue weighted by Crippen LogP contribution is -2.48. The van der Waals surface area contributed by atoms with Gasteiger partial charge in [0.2, 0.25) is 11.8 Å². The van der Waals surface area contributed by atoms with Gasteiger partial charge in [-0.3, -0.25) is 14.0 Å². The Morgan fingerprint density at radius 1 is 1.11 bits per heavy atom. The first-order valence-electron chi connectivity index (χ1n) is 14.4. The van der Waals surface area contributed by atoms with E-state index in [1.807, 2.05) is 4.90 Å². The molecule has 6 heterocycles. The minimum Gasteiger partial charge on any atom is -0.489 e. The highest BCUT2D eigenvalue weighted by Crippen LogP contribution is 2.29. The van der Waals surface area contributed by atoms with E-state index in [0.717, 1.165) is 6.07 Å². The summed E-state index contributed by atoms with van der Waals surface area (Å²) in [5.74, 6) is -0.461. The average Bonchev–Trinajstić information content (AvgIpc) is 3.77. The van der Waals surface area contributed by atoms with Crippen LogP contribution in [0.3, 0.4) is 0 Å². The van der Waals surface area contributed by atoms with Crippen molar-refractivity contribution in [3.8, 4) is 17.3 Å². The molecule has 16 heteroatoms. The Kier molecular flexibility index (Phi) is 7.39. The average molecular weight is 611 g/mol. The molecule has 0 amide bonds. The molecule has 0 spiro atoms. The summed E-state index contributed by atoms with van der Waals surface area (Å²) in [6.45, 7) is 5.22. The van der Waals surface area contributed by atoms with Gasteiger partial charge in [0.25, 0.3) is 0 Å². The molecule has 2 fully saturated rings. The van der Waals surface area contributed by atoms with Crippen LogP contribution in [0.5, 0.6) is 5.75 Å². The highest BCUT2D eigenvalue weighted by molar-refractivity contribution is 5.88. The fourth-order valence-corrected chi connectivity index (χ4v) is 5.74. The van der Waals surface area contributed by atoms with Gasteiger partial charge in [-0.1, -0.05) is 0 Å². The third-order valence-corrected chi connectivity index (χ3v) is 8.11. The van der Waals surface area contributed by atoms with Gasteiger partial charge in [-0.25, -0.2) is 18.6 Å². The van der Waals surface area contributed by atoms with Crippen LogP contribution < -0.4 is 26.4 Å². The number of nitrogens with zero attached hydrogens (tertiary/aromatic N) is 8. The minimum absolute atomic E-state index is 0.0105. The number of aryl methyl sites for hydroxylation is 1. The van der Waals surface area contributed by atoms with Crippen LogP contribution in [-0.2, 0) is 18.3 Å². The highest BCUT2D eigenvalue weighted by atomic mass is 19.1. The Bertz CT molecular complexity index is 1850. The van der Waals surface area contributed by atoms with Gasteiger partial charge in [0.15, 0.2) is 28.6 Å². The predicted molar refractivity (Wildman–Crippen MR) is 157 cm³/mol. The lowest BCUT2D eigenvalue weighted by molar-refractivity contribution is 0.0586. The summed E-state index contributed by atoms with van der Waals surface area (Å²) in [5, 5.41) is 7.66. The number of hydrogen-bond donors (Lipinski definition) is 2. The Morgan fingerprint density at radius 3 is 2.70 bits per heavy atom. The van der Waals surface area contributed by atoms with Gasteiger partial charge >= 0.3 is 5.69 Å². The SMILES string of the molecule is Cn1c(=O)n(CCN2CCN(c3cc(OCC4COCCN4)c(F)cc3F)CC2)c2nc(N)n3nc(-c4ccco4)nc3c21. The second-order valence-corrected chi connectivity index (χ2v) is 10.9. The first kappa shape index (κ1) is 28.2. The Morgan fingerprint density at radius 2 is 1.95 bits per heavy atom. The maximum Gasteiger partial charge on any atom is 0.330 e. The molecule has 1 unspecified atom stereocenters. The van der Waals surface area contributed by atoms with Crippen molar-refractivity contribution in [2.24, 2.45) is 7.05 Å². The molecule has 232 valence electrons. The molecule has 0 bridgehead atoms. The quantitative estimate of drug-likeness (QED) is 0.260. The van der Waals surface area contributed by atoms with E-state index in [2.05, 4.69) is 25.3 Å². The lowest BCUT2D eigenvalue weighted by Gasteiger charge is -2.36. The molecule has 5 aromatic rings. The van der Waals surface area contributed by atoms with Crippen LogP contribution in [0.2, 0.25) is 0 Å². The van der Waals surface area contributed by atoms with Crippen molar-refractivity contribution in [1.29, 1.82) is 0 Å². The third kappa shape index (κ3) is 5.14. The molecule has 0 saturated carbocycles. The Balaban J connectivity index is 1.04. The molecule has 0 aliphatic carbocycles. The number of piperazine rings is 1. The standard InChI is InChI=1S/C28H32F2N10O4/c1-36-23-25(34-27(31)40-26(23)33-24(35-40)21-3-2-11-43-21)39(28(36)41)10-7-37-5-8-38(9-6-37)20-14-22(19(30)13-18(20)29)44-16-17-15-42-12-4-32-17/h2-3,11,13-14,17,32H,4-10,12,15-16H2,1H3,(H2,31,34). The van der Waals surface area contributed by atoms with E-state index in [9.17, 15) is 13.6 Å². The van der Waals surface area contributed by atoms with Gasteiger partial charge in [0.05, 0.1) is 31.2 Å². The van der Waals surface area contributed by atoms with Crippen LogP contribution in [0.1, 0.15) is 0 Å². The number of nitrogens with one attached hydrogen (secondary N) is 1. The molecule has 1 aromatic carbocycles. The van der Waals surface area contributed by atoms with Crippen LogP contribution in [-0.4, -0.2) is 98.7 Å². The fraction of sp³-hybridized carbons (Fsp3) is 0.429. The molecule has 2 aliphatic heterocycles. The van der Waals surface area contributed by atoms with Crippen molar-refractivity contribution in [2.45, 2.75) is 12.6 Å². The van der Waals surface area contributed by atoms with Gasteiger partial charge in [-0.05, 0) is 12.1 Å². The first-order valence-corrected chi connectivity index (χ1v) is 14.4. The molecular weight excluding hydrogens is 578 g/mol. The number of halogens is 2. The van der Waals surface area contributed by atoms with Gasteiger partial charge < -0.3 is 29.8 Å². The molecule has 14 nitrogen and oxygen atoms in total. The number of nitrogens with two attached hydrogens (primary N) is 1. The van der Waals surface area contributed by atoms with Crippen LogP contribution >= 0.6 is 0 Å². The minimum atomic E-state index is -0.739. The van der Waals surface area contributed by atoms with Crippen LogP contribution in [0.4, 0.5) is 20.4 Å². The number of furan rings is 1. The topological polar surface area (TPSA) is 146 Å². The van der Waals surface area contributed by atoms with Crippen LogP contribution in [0, 0.1) is 11.6 Å². The number of anilines is 2. The number of fused-ring (bicyclic) bond motifs is 3. The van der Waals surface area contributed by atoms with Crippen molar-refractivity contribution < 1.29 is 22.7 Å². The van der Waals surface area contributed by atoms with Crippen LogP contribution in [0.25, 0.3) is 28.4 Å². The normalized spacial score (nSPS) is 18.1. The number of rotatable bonds is 8. The van der Waals surface area contributed by atoms with Crippen molar-refractivity contribution in [2.75, 3.05) is 69.7 Å². The van der Waals surface area contributed by atoms with Crippen molar-refractivity contribution in [3.63, 3.8) is 0 Å². The van der Waals surface area contributed by atoms with E-state index in [1.54, 1.807) is 23.7 Å². The number of morpholine rings is 1. The van der Waals surface area contributed by atoms with Crippen molar-refractivity contribution >= 4 is 28.4 Å². The summed E-state index contributed by atoms with van der Waals surface area (Å²) in [6, 6.07) is 5.72. The fourth-order valence-electron chi connectivity index (χ4n) is 5.74. The van der Waals surface area contributed by atoms with Crippen LogP contribution in [0.15, 0.2) is 39.7 Å². The summed E-state index contributed by atoms with van der Waals surface area (Å²) >= 11 is 0. The zero-order valence-electron chi connectivity index (χ0n) is 24.1. The van der Waals surface area contributed by atoms with E-state index in [4.69, 9.17) is 19.6 Å². The second-order valence-electron chi connectivity index (χ2n) is 10.9. The van der Waals surface area contributed by atoms with E-state index < -0.39 is 11.6 Å². The molecule has 0 radical (unpaired) electrons. The highest BCUT2D eigenvalue weighted by Gasteiger charge is 2.25. The molecule has 4 aromatic heterocycles. The maximum absolute atomic E-state index is 14.8. The molecule has 2 saturated heterocycles. The van der Waals surface area contributed by atoms with Crippen molar-refractivity contribution in [3.05, 3.63) is 52.6 Å². The third-order valence-electron chi connectivity index (χ3n) is 8.11. The number of benzene rings is 1. The number of hydrogen-bond acceptors (Lipinski definition) is 11. The monoisotopic (exact) mass is 610 g/mol. The summed E-state index contributed by atoms with van der Waals surface area (Å²) in [5.41, 5.74) is 7.59. The van der Waals surface area contributed by atoms with Gasteiger partial charge in [0, 0.05) is 65.0 Å². The summed E-state index contributed by atoms with van der Waals surface area (Å²) in [7, 11) is 1.66. The molecule has 44 heavy (non-hydrogen) atoms. The number of aromatic nitrogens is 6. The van der Waals surface area contributed by atoms with E-state index in [-0.39, 0.29) is 30.0 Å². The Hall–Kier alpha value is -4.54. The number of imidazole rings is 1. The summed E-state index contributed by atoms with van der Waals surface area (Å²) in [6.07, 6.45) is 1.53. The predicted octanol–water partition coefficient (Wildman–Crippen LogP) is 1.09. The van der Waals surface area contributed by atoms with E-state index >= 15 is 0 Å². The summed E-state index contributed by atoms with van der Waals surface area (Å²) in [4.78, 5) is 26.4. The largest absolute Gasteiger partial charge is 0.489 e. The molecule has 2 aliphatic rings. The maximum atomic E-state index is 14.8. The lowest BCUT2D eigenvalue weighted by atomic mass is 10.2. The van der Waals surface area contributed by atoms with Gasteiger partial charge in [-0.15, -0.1) is 5.10 Å². The Labute approximate surface area is 249 Å². The molecule has 3 N–H and O–H groups in total. The van der Waals surface area contributed by atoms with E-state index in [0.29, 0.717) is 93.1 Å². The molecule has 7 rings (SSSR count). The van der Waals surface area contributed by atoms with Gasteiger partial charge in [-0.2, -0.15) is 9.50 Å². The summed E-state index contributed by atoms with van der Waals surface area (Å²) < 4.78 is 50.3. The molecular formula is C28H32F2N10O4. The number of nitrogen functional groups attached to an aromatic ring is 1. The zero-order valence-corrected chi connectivity index (χ0v) is 24.1.